The van der Waals surface area contributed by atoms with E-state index < -0.39 is 0 Å². The minimum Gasteiger partial charge on any atom is -0.376 e. The van der Waals surface area contributed by atoms with Gasteiger partial charge in [-0.2, -0.15) is 0 Å². The molecule has 4 nitrogen and oxygen atoms in total. The summed E-state index contributed by atoms with van der Waals surface area (Å²) in [7, 11) is 0. The predicted molar refractivity (Wildman–Crippen MR) is 73.1 cm³/mol. The van der Waals surface area contributed by atoms with Crippen LogP contribution in [0.2, 0.25) is 0 Å². The predicted octanol–water partition coefficient (Wildman–Crippen LogP) is 1.83. The van der Waals surface area contributed by atoms with Gasteiger partial charge in [0.05, 0.1) is 17.8 Å². The summed E-state index contributed by atoms with van der Waals surface area (Å²) in [5, 5.41) is 3.44. The van der Waals surface area contributed by atoms with E-state index in [0.717, 1.165) is 38.5 Å². The maximum atomic E-state index is 6.04. The summed E-state index contributed by atoms with van der Waals surface area (Å²) in [5.74, 6) is 2.09. The maximum absolute atomic E-state index is 6.04. The van der Waals surface area contributed by atoms with Crippen LogP contribution >= 0.6 is 0 Å². The molecule has 1 saturated heterocycles. The van der Waals surface area contributed by atoms with E-state index in [1.54, 1.807) is 0 Å². The number of rotatable bonds is 3. The Hall–Kier alpha value is -0.870. The minimum absolute atomic E-state index is 0.457. The highest BCUT2D eigenvalue weighted by Gasteiger charge is 2.43. The molecule has 0 radical (unpaired) electrons. The van der Waals surface area contributed by atoms with E-state index in [1.807, 2.05) is 0 Å². The molecule has 104 valence electrons. The third-order valence-corrected chi connectivity index (χ3v) is 4.83. The number of hydrogen-bond acceptors (Lipinski definition) is 3. The summed E-state index contributed by atoms with van der Waals surface area (Å²) in [6, 6.07) is 0.553. The van der Waals surface area contributed by atoms with Crippen LogP contribution in [0.3, 0.4) is 0 Å². The molecule has 1 aromatic heterocycles. The van der Waals surface area contributed by atoms with Crippen LogP contribution in [-0.4, -0.2) is 28.8 Å². The lowest BCUT2D eigenvalue weighted by Gasteiger charge is -2.25. The Balaban J connectivity index is 1.74. The second-order valence-corrected chi connectivity index (χ2v) is 6.10. The summed E-state index contributed by atoms with van der Waals surface area (Å²) in [6.45, 7) is 5.18. The van der Waals surface area contributed by atoms with Crippen molar-refractivity contribution >= 4 is 0 Å². The second-order valence-electron chi connectivity index (χ2n) is 6.10. The summed E-state index contributed by atoms with van der Waals surface area (Å²) in [6.07, 6.45) is 6.50. The van der Waals surface area contributed by atoms with Crippen molar-refractivity contribution < 1.29 is 4.74 Å². The number of aromatic nitrogens is 2. The largest absolute Gasteiger partial charge is 0.376 e. The van der Waals surface area contributed by atoms with E-state index >= 15 is 0 Å². The molecule has 19 heavy (non-hydrogen) atoms. The molecule has 2 unspecified atom stereocenters. The first-order valence-electron chi connectivity index (χ1n) is 7.79. The number of hydrogen-bond donors (Lipinski definition) is 1. The molecule has 1 saturated carbocycles. The number of ether oxygens (including phenoxy) is 1. The van der Waals surface area contributed by atoms with Crippen LogP contribution in [0.25, 0.3) is 0 Å². The number of fused-ring (bicyclic) bond motifs is 1. The van der Waals surface area contributed by atoms with Crippen LogP contribution in [0.15, 0.2) is 0 Å². The zero-order valence-electron chi connectivity index (χ0n) is 11.7. The van der Waals surface area contributed by atoms with Crippen LogP contribution in [0.4, 0.5) is 0 Å². The third kappa shape index (κ3) is 1.93. The van der Waals surface area contributed by atoms with Crippen LogP contribution in [-0.2, 0) is 24.1 Å². The molecule has 2 aliphatic heterocycles. The minimum atomic E-state index is 0.457. The number of nitrogens with one attached hydrogen (secondary N) is 1. The topological polar surface area (TPSA) is 39.1 Å². The monoisotopic (exact) mass is 261 g/mol. The molecule has 0 bridgehead atoms. The van der Waals surface area contributed by atoms with E-state index in [2.05, 4.69) is 16.8 Å². The first-order valence-corrected chi connectivity index (χ1v) is 7.79. The average molecular weight is 261 g/mol. The molecule has 1 N–H and O–H groups in total. The molecule has 4 rings (SSSR count). The highest BCUT2D eigenvalue weighted by Crippen LogP contribution is 2.44. The fourth-order valence-corrected chi connectivity index (χ4v) is 3.78. The first kappa shape index (κ1) is 11.9. The molecular formula is C15H23N3O. The van der Waals surface area contributed by atoms with Crippen LogP contribution in [0, 0.1) is 5.92 Å². The summed E-state index contributed by atoms with van der Waals surface area (Å²) in [4.78, 5) is 4.87. The highest BCUT2D eigenvalue weighted by atomic mass is 16.5. The van der Waals surface area contributed by atoms with Gasteiger partial charge >= 0.3 is 0 Å². The standard InChI is InChI=1S/C15H23N3O/c1-2-14-17-11-9-16-7-5-12(11)18(14)13-6-8-19-15(13)10-3-4-10/h10,13,15-16H,2-9H2,1H3. The van der Waals surface area contributed by atoms with Gasteiger partial charge in [-0.3, -0.25) is 0 Å². The molecule has 4 heteroatoms. The lowest BCUT2D eigenvalue weighted by molar-refractivity contribution is 0.0739. The fraction of sp³-hybridized carbons (Fsp3) is 0.800. The smallest absolute Gasteiger partial charge is 0.109 e. The average Bonchev–Trinajstić information content (AvgIpc) is 3.05. The van der Waals surface area contributed by atoms with E-state index in [0.29, 0.717) is 12.1 Å². The first-order chi connectivity index (χ1) is 9.38. The molecule has 3 heterocycles. The normalized spacial score (nSPS) is 30.6. The van der Waals surface area contributed by atoms with Crippen LogP contribution < -0.4 is 5.32 Å². The Morgan fingerprint density at radius 3 is 3.05 bits per heavy atom. The zero-order chi connectivity index (χ0) is 12.8. The maximum Gasteiger partial charge on any atom is 0.109 e. The summed E-state index contributed by atoms with van der Waals surface area (Å²) in [5.41, 5.74) is 2.77. The van der Waals surface area contributed by atoms with Gasteiger partial charge in [-0.25, -0.2) is 4.98 Å². The van der Waals surface area contributed by atoms with Gasteiger partial charge in [0.15, 0.2) is 0 Å². The summed E-state index contributed by atoms with van der Waals surface area (Å²) < 4.78 is 8.60. The Kier molecular flexibility index (Phi) is 2.88. The molecule has 0 amide bonds. The zero-order valence-corrected chi connectivity index (χ0v) is 11.7. The van der Waals surface area contributed by atoms with Crippen molar-refractivity contribution in [3.63, 3.8) is 0 Å². The second kappa shape index (κ2) is 4.60. The van der Waals surface area contributed by atoms with Crippen molar-refractivity contribution in [1.29, 1.82) is 0 Å². The van der Waals surface area contributed by atoms with Gasteiger partial charge in [0.25, 0.3) is 0 Å². The lowest BCUT2D eigenvalue weighted by Crippen LogP contribution is -2.29. The molecule has 0 aromatic carbocycles. The fourth-order valence-electron chi connectivity index (χ4n) is 3.78. The summed E-state index contributed by atoms with van der Waals surface area (Å²) >= 11 is 0. The van der Waals surface area contributed by atoms with Gasteiger partial charge in [0.1, 0.15) is 5.82 Å². The van der Waals surface area contributed by atoms with E-state index in [1.165, 1.54) is 36.5 Å². The van der Waals surface area contributed by atoms with Gasteiger partial charge in [0.2, 0.25) is 0 Å². The molecule has 1 aliphatic carbocycles. The quantitative estimate of drug-likeness (QED) is 0.902. The van der Waals surface area contributed by atoms with E-state index in [9.17, 15) is 0 Å². The Bertz CT molecular complexity index is 478. The Morgan fingerprint density at radius 2 is 2.26 bits per heavy atom. The van der Waals surface area contributed by atoms with Crippen molar-refractivity contribution in [1.82, 2.24) is 14.9 Å². The van der Waals surface area contributed by atoms with Gasteiger partial charge in [-0.15, -0.1) is 0 Å². The van der Waals surface area contributed by atoms with Crippen molar-refractivity contribution in [3.8, 4) is 0 Å². The van der Waals surface area contributed by atoms with E-state index in [-0.39, 0.29) is 0 Å². The molecule has 2 atom stereocenters. The molecule has 3 aliphatic rings. The number of nitrogens with zero attached hydrogens (tertiary/aromatic N) is 2. The number of aryl methyl sites for hydroxylation is 1. The van der Waals surface area contributed by atoms with Crippen LogP contribution in [0.1, 0.15) is 49.4 Å². The highest BCUT2D eigenvalue weighted by molar-refractivity contribution is 5.22. The van der Waals surface area contributed by atoms with E-state index in [4.69, 9.17) is 9.72 Å². The lowest BCUT2D eigenvalue weighted by atomic mass is 10.0. The van der Waals surface area contributed by atoms with Crippen LogP contribution in [0.5, 0.6) is 0 Å². The van der Waals surface area contributed by atoms with Crippen molar-refractivity contribution in [2.24, 2.45) is 5.92 Å². The van der Waals surface area contributed by atoms with Gasteiger partial charge in [-0.05, 0) is 25.2 Å². The molecular weight excluding hydrogens is 238 g/mol. The van der Waals surface area contributed by atoms with Gasteiger partial charge < -0.3 is 14.6 Å². The number of imidazole rings is 1. The molecule has 2 fully saturated rings. The Labute approximate surface area is 114 Å². The van der Waals surface area contributed by atoms with Crippen molar-refractivity contribution in [2.45, 2.75) is 57.7 Å². The van der Waals surface area contributed by atoms with Crippen molar-refractivity contribution in [3.05, 3.63) is 17.2 Å². The SMILES string of the molecule is CCc1nc2c(n1C1CCOC1C1CC1)CCNC2. The van der Waals surface area contributed by atoms with Gasteiger partial charge in [0, 0.05) is 38.2 Å². The van der Waals surface area contributed by atoms with Gasteiger partial charge in [-0.1, -0.05) is 6.92 Å². The van der Waals surface area contributed by atoms with Crippen molar-refractivity contribution in [2.75, 3.05) is 13.2 Å². The molecule has 1 aromatic rings. The molecule has 0 spiro atoms. The third-order valence-electron chi connectivity index (χ3n) is 4.83. The Morgan fingerprint density at radius 1 is 1.37 bits per heavy atom.